The zero-order valence-electron chi connectivity index (χ0n) is 19.0. The summed E-state index contributed by atoms with van der Waals surface area (Å²) in [4.78, 5) is 38.8. The number of nitro groups is 1. The van der Waals surface area contributed by atoms with E-state index in [2.05, 4.69) is 5.32 Å². The Morgan fingerprint density at radius 1 is 1.12 bits per heavy atom. The van der Waals surface area contributed by atoms with Crippen molar-refractivity contribution >= 4 is 17.5 Å². The molecule has 2 aromatic rings. The molecule has 0 bridgehead atoms. The Labute approximate surface area is 188 Å². The zero-order valence-corrected chi connectivity index (χ0v) is 19.0. The molecule has 0 spiro atoms. The molecule has 8 nitrogen and oxygen atoms in total. The number of amides is 2. The van der Waals surface area contributed by atoms with Crippen molar-refractivity contribution in [2.45, 2.75) is 58.7 Å². The Morgan fingerprint density at radius 3 is 2.47 bits per heavy atom. The second-order valence-corrected chi connectivity index (χ2v) is 7.68. The molecular weight excluding hydrogens is 410 g/mol. The van der Waals surface area contributed by atoms with Crippen molar-refractivity contribution in [3.63, 3.8) is 0 Å². The lowest BCUT2D eigenvalue weighted by Crippen LogP contribution is -2.51. The van der Waals surface area contributed by atoms with Gasteiger partial charge in [0.2, 0.25) is 11.8 Å². The number of carbonyl (C=O) groups excluding carboxylic acids is 2. The van der Waals surface area contributed by atoms with E-state index in [1.165, 1.54) is 11.0 Å². The Balaban J connectivity index is 2.38. The van der Waals surface area contributed by atoms with E-state index in [1.807, 2.05) is 39.0 Å². The van der Waals surface area contributed by atoms with E-state index in [0.717, 1.165) is 12.0 Å². The fourth-order valence-electron chi connectivity index (χ4n) is 3.43. The summed E-state index contributed by atoms with van der Waals surface area (Å²) in [6, 6.07) is 12.7. The molecular formula is C24H31N3O5. The van der Waals surface area contributed by atoms with Gasteiger partial charge in [0.25, 0.3) is 5.69 Å². The van der Waals surface area contributed by atoms with Crippen molar-refractivity contribution in [2.75, 3.05) is 7.11 Å². The highest BCUT2D eigenvalue weighted by Gasteiger charge is 2.30. The number of para-hydroxylation sites is 1. The lowest BCUT2D eigenvalue weighted by Gasteiger charge is -2.31. The fraction of sp³-hybridized carbons (Fsp3) is 0.417. The minimum absolute atomic E-state index is 0.0273. The predicted octanol–water partition coefficient (Wildman–Crippen LogP) is 3.87. The lowest BCUT2D eigenvalue weighted by atomic mass is 10.0. The van der Waals surface area contributed by atoms with E-state index >= 15 is 0 Å². The molecule has 0 aliphatic rings. The quantitative estimate of drug-likeness (QED) is 0.421. The summed E-state index contributed by atoms with van der Waals surface area (Å²) in [6.07, 6.45) is 1.01. The van der Waals surface area contributed by atoms with Crippen molar-refractivity contribution in [1.29, 1.82) is 0 Å². The van der Waals surface area contributed by atoms with E-state index in [9.17, 15) is 19.7 Å². The summed E-state index contributed by atoms with van der Waals surface area (Å²) in [5.41, 5.74) is 1.00. The normalized spacial score (nSPS) is 12.5. The average Bonchev–Trinajstić information content (AvgIpc) is 2.79. The second-order valence-electron chi connectivity index (χ2n) is 7.68. The number of nitrogens with zero attached hydrogens (tertiary/aromatic N) is 2. The van der Waals surface area contributed by atoms with Gasteiger partial charge >= 0.3 is 0 Å². The number of benzene rings is 2. The van der Waals surface area contributed by atoms with Crippen LogP contribution in [0.5, 0.6) is 5.75 Å². The van der Waals surface area contributed by atoms with E-state index in [4.69, 9.17) is 4.74 Å². The topological polar surface area (TPSA) is 102 Å². The van der Waals surface area contributed by atoms with Crippen LogP contribution in [0.3, 0.4) is 0 Å². The number of ether oxygens (including phenoxy) is 1. The maximum Gasteiger partial charge on any atom is 0.273 e. The zero-order chi connectivity index (χ0) is 23.7. The standard InChI is InChI=1S/C24H31N3O5/c1-5-17(3)25-24(29)21(6-2)26(16-18-10-9-12-20(14-18)32-4)23(28)15-19-11-7-8-13-22(19)27(30)31/h7-14,17,21H,5-6,15-16H2,1-4H3,(H,25,29)/t17-,21+/m0/s1. The van der Waals surface area contributed by atoms with Crippen LogP contribution in [-0.2, 0) is 22.6 Å². The molecule has 2 rings (SSSR count). The molecule has 2 aromatic carbocycles. The third kappa shape index (κ3) is 6.54. The van der Waals surface area contributed by atoms with Gasteiger partial charge in [-0.05, 0) is 37.5 Å². The van der Waals surface area contributed by atoms with Gasteiger partial charge in [-0.1, -0.05) is 44.2 Å². The molecule has 8 heteroatoms. The minimum atomic E-state index is -0.703. The smallest absolute Gasteiger partial charge is 0.273 e. The summed E-state index contributed by atoms with van der Waals surface area (Å²) >= 11 is 0. The minimum Gasteiger partial charge on any atom is -0.497 e. The molecule has 0 fully saturated rings. The first-order chi connectivity index (χ1) is 15.3. The molecule has 0 aliphatic heterocycles. The van der Waals surface area contributed by atoms with Crippen LogP contribution in [0.2, 0.25) is 0 Å². The van der Waals surface area contributed by atoms with Gasteiger partial charge in [-0.25, -0.2) is 0 Å². The van der Waals surface area contributed by atoms with Crippen molar-refractivity contribution in [2.24, 2.45) is 0 Å². The van der Waals surface area contributed by atoms with Crippen LogP contribution in [-0.4, -0.2) is 40.8 Å². The van der Waals surface area contributed by atoms with Crippen LogP contribution in [0.1, 0.15) is 44.7 Å². The van der Waals surface area contributed by atoms with Crippen LogP contribution < -0.4 is 10.1 Å². The number of hydrogen-bond acceptors (Lipinski definition) is 5. The summed E-state index contributed by atoms with van der Waals surface area (Å²) in [5, 5.41) is 14.3. The van der Waals surface area contributed by atoms with Gasteiger partial charge in [-0.3, -0.25) is 19.7 Å². The Morgan fingerprint density at radius 2 is 1.84 bits per heavy atom. The van der Waals surface area contributed by atoms with Crippen molar-refractivity contribution in [3.05, 3.63) is 69.8 Å². The van der Waals surface area contributed by atoms with E-state index in [1.54, 1.807) is 31.4 Å². The number of nitro benzene ring substituents is 1. The maximum atomic E-state index is 13.4. The highest BCUT2D eigenvalue weighted by molar-refractivity contribution is 5.89. The molecule has 0 radical (unpaired) electrons. The van der Waals surface area contributed by atoms with Crippen molar-refractivity contribution < 1.29 is 19.2 Å². The highest BCUT2D eigenvalue weighted by atomic mass is 16.6. The number of nitrogens with one attached hydrogen (secondary N) is 1. The average molecular weight is 442 g/mol. The Hall–Kier alpha value is -3.42. The predicted molar refractivity (Wildman–Crippen MR) is 122 cm³/mol. The molecule has 2 atom stereocenters. The number of hydrogen-bond donors (Lipinski definition) is 1. The van der Waals surface area contributed by atoms with Crippen molar-refractivity contribution in [3.8, 4) is 5.75 Å². The summed E-state index contributed by atoms with van der Waals surface area (Å²) in [5.74, 6) is 0.0552. The van der Waals surface area contributed by atoms with Crippen LogP contribution in [0.15, 0.2) is 48.5 Å². The van der Waals surface area contributed by atoms with Gasteiger partial charge in [-0.15, -0.1) is 0 Å². The van der Waals surface area contributed by atoms with E-state index < -0.39 is 11.0 Å². The molecule has 0 saturated heterocycles. The third-order valence-corrected chi connectivity index (χ3v) is 5.40. The molecule has 0 heterocycles. The first-order valence-electron chi connectivity index (χ1n) is 10.8. The molecule has 0 aromatic heterocycles. The Bertz CT molecular complexity index is 947. The van der Waals surface area contributed by atoms with Gasteiger partial charge in [0.15, 0.2) is 0 Å². The Kier molecular flexibility index (Phi) is 9.19. The van der Waals surface area contributed by atoms with Crippen LogP contribution in [0.4, 0.5) is 5.69 Å². The molecule has 2 amide bonds. The number of carbonyl (C=O) groups is 2. The van der Waals surface area contributed by atoms with Gasteiger partial charge in [0, 0.05) is 24.2 Å². The number of methoxy groups -OCH3 is 1. The van der Waals surface area contributed by atoms with Gasteiger partial charge < -0.3 is 15.0 Å². The summed E-state index contributed by atoms with van der Waals surface area (Å²) in [7, 11) is 1.56. The number of rotatable bonds is 11. The molecule has 0 aliphatic carbocycles. The molecule has 0 saturated carbocycles. The van der Waals surface area contributed by atoms with Crippen molar-refractivity contribution in [1.82, 2.24) is 10.2 Å². The maximum absolute atomic E-state index is 13.4. The van der Waals surface area contributed by atoms with E-state index in [0.29, 0.717) is 17.7 Å². The third-order valence-electron chi connectivity index (χ3n) is 5.40. The summed E-state index contributed by atoms with van der Waals surface area (Å²) in [6.45, 7) is 5.91. The van der Waals surface area contributed by atoms with Crippen LogP contribution in [0.25, 0.3) is 0 Å². The van der Waals surface area contributed by atoms with E-state index in [-0.39, 0.29) is 36.5 Å². The molecule has 0 unspecified atom stereocenters. The second kappa shape index (κ2) is 11.8. The van der Waals surface area contributed by atoms with Crippen LogP contribution in [0, 0.1) is 10.1 Å². The largest absolute Gasteiger partial charge is 0.497 e. The SMILES string of the molecule is CC[C@H](C(=O)N[C@@H](C)CC)N(Cc1cccc(OC)c1)C(=O)Cc1ccccc1[N+](=O)[O-]. The van der Waals surface area contributed by atoms with Gasteiger partial charge in [0.1, 0.15) is 11.8 Å². The fourth-order valence-corrected chi connectivity index (χ4v) is 3.43. The van der Waals surface area contributed by atoms with Gasteiger partial charge in [0.05, 0.1) is 18.5 Å². The molecule has 1 N–H and O–H groups in total. The molecule has 172 valence electrons. The van der Waals surface area contributed by atoms with Crippen LogP contribution >= 0.6 is 0 Å². The monoisotopic (exact) mass is 441 g/mol. The lowest BCUT2D eigenvalue weighted by molar-refractivity contribution is -0.385. The highest BCUT2D eigenvalue weighted by Crippen LogP contribution is 2.22. The first kappa shape index (κ1) is 24.8. The first-order valence-corrected chi connectivity index (χ1v) is 10.8. The molecule has 32 heavy (non-hydrogen) atoms. The summed E-state index contributed by atoms with van der Waals surface area (Å²) < 4.78 is 5.28. The van der Waals surface area contributed by atoms with Gasteiger partial charge in [-0.2, -0.15) is 0 Å².